The van der Waals surface area contributed by atoms with Crippen LogP contribution in [0.5, 0.6) is 17.2 Å². The van der Waals surface area contributed by atoms with E-state index in [9.17, 15) is 9.59 Å². The Morgan fingerprint density at radius 3 is 2.24 bits per heavy atom. The zero-order chi connectivity index (χ0) is 21.4. The van der Waals surface area contributed by atoms with Gasteiger partial charge in [-0.05, 0) is 61.2 Å². The second-order valence-electron chi connectivity index (χ2n) is 6.96. The van der Waals surface area contributed by atoms with E-state index < -0.39 is 17.9 Å². The maximum atomic E-state index is 12.1. The first-order chi connectivity index (χ1) is 13.8. The van der Waals surface area contributed by atoms with Gasteiger partial charge in [0, 0.05) is 0 Å². The molecule has 156 valence electrons. The van der Waals surface area contributed by atoms with Gasteiger partial charge < -0.3 is 14.2 Å². The van der Waals surface area contributed by atoms with Crippen LogP contribution in [0.1, 0.15) is 37.8 Å². The number of benzene rings is 2. The van der Waals surface area contributed by atoms with E-state index in [1.807, 2.05) is 25.1 Å². The van der Waals surface area contributed by atoms with Gasteiger partial charge in [-0.1, -0.05) is 26.0 Å². The molecule has 0 spiro atoms. The number of carbonyl (C=O) groups is 2. The number of hydrogen-bond donors (Lipinski definition) is 2. The van der Waals surface area contributed by atoms with E-state index in [2.05, 4.69) is 24.7 Å². The Bertz CT molecular complexity index is 834. The third-order valence-corrected chi connectivity index (χ3v) is 4.22. The molecule has 2 N–H and O–H groups in total. The minimum atomic E-state index is -0.797. The van der Waals surface area contributed by atoms with Gasteiger partial charge in [-0.25, -0.2) is 0 Å². The summed E-state index contributed by atoms with van der Waals surface area (Å²) in [5.41, 5.74) is 6.75. The maximum Gasteiger partial charge on any atom is 0.279 e. The van der Waals surface area contributed by atoms with Crippen molar-refractivity contribution < 1.29 is 23.8 Å². The van der Waals surface area contributed by atoms with Gasteiger partial charge in [0.2, 0.25) is 0 Å². The van der Waals surface area contributed by atoms with Crippen LogP contribution in [0.25, 0.3) is 0 Å². The molecule has 7 heteroatoms. The van der Waals surface area contributed by atoms with Crippen LogP contribution >= 0.6 is 0 Å². The SMILES string of the molecule is COc1ccc(OC(C)C(=O)NNC(=O)COc2cc(C)ccc2C(C)C)cc1. The molecule has 7 nitrogen and oxygen atoms in total. The van der Waals surface area contributed by atoms with Gasteiger partial charge in [0.25, 0.3) is 11.8 Å². The first-order valence-electron chi connectivity index (χ1n) is 9.43. The highest BCUT2D eigenvalue weighted by molar-refractivity contribution is 5.85. The van der Waals surface area contributed by atoms with E-state index in [0.29, 0.717) is 17.2 Å². The summed E-state index contributed by atoms with van der Waals surface area (Å²) in [7, 11) is 1.57. The number of amides is 2. The fourth-order valence-corrected chi connectivity index (χ4v) is 2.57. The molecule has 0 aromatic heterocycles. The molecule has 0 radical (unpaired) electrons. The van der Waals surface area contributed by atoms with E-state index in [1.165, 1.54) is 0 Å². The summed E-state index contributed by atoms with van der Waals surface area (Å²) in [5, 5.41) is 0. The van der Waals surface area contributed by atoms with Crippen LogP contribution in [0.15, 0.2) is 42.5 Å². The molecule has 29 heavy (non-hydrogen) atoms. The van der Waals surface area contributed by atoms with Crippen molar-refractivity contribution in [3.05, 3.63) is 53.6 Å². The molecule has 0 heterocycles. The molecule has 0 saturated carbocycles. The quantitative estimate of drug-likeness (QED) is 0.665. The van der Waals surface area contributed by atoms with E-state index in [0.717, 1.165) is 11.1 Å². The summed E-state index contributed by atoms with van der Waals surface area (Å²) >= 11 is 0. The average molecular weight is 400 g/mol. The number of carbonyl (C=O) groups excluding carboxylic acids is 2. The molecule has 0 bridgehead atoms. The summed E-state index contributed by atoms with van der Waals surface area (Å²) in [6, 6.07) is 12.8. The lowest BCUT2D eigenvalue weighted by Gasteiger charge is -2.16. The Kier molecular flexibility index (Phi) is 7.88. The first kappa shape index (κ1) is 22.1. The summed E-state index contributed by atoms with van der Waals surface area (Å²) < 4.78 is 16.3. The molecule has 0 aliphatic carbocycles. The van der Waals surface area contributed by atoms with Gasteiger partial charge in [0.05, 0.1) is 7.11 Å². The lowest BCUT2D eigenvalue weighted by molar-refractivity contribution is -0.133. The number of rotatable bonds is 8. The average Bonchev–Trinajstić information content (AvgIpc) is 2.70. The topological polar surface area (TPSA) is 85.9 Å². The van der Waals surface area contributed by atoms with E-state index >= 15 is 0 Å². The van der Waals surface area contributed by atoms with Crippen molar-refractivity contribution in [2.75, 3.05) is 13.7 Å². The predicted molar refractivity (Wildman–Crippen MR) is 110 cm³/mol. The summed E-state index contributed by atoms with van der Waals surface area (Å²) in [6.07, 6.45) is -0.797. The fourth-order valence-electron chi connectivity index (χ4n) is 2.57. The minimum Gasteiger partial charge on any atom is -0.497 e. The van der Waals surface area contributed by atoms with Crippen LogP contribution in [-0.2, 0) is 9.59 Å². The normalized spacial score (nSPS) is 11.5. The lowest BCUT2D eigenvalue weighted by Crippen LogP contribution is -2.48. The van der Waals surface area contributed by atoms with Gasteiger partial charge >= 0.3 is 0 Å². The fraction of sp³-hybridized carbons (Fsp3) is 0.364. The smallest absolute Gasteiger partial charge is 0.279 e. The Balaban J connectivity index is 1.81. The molecular formula is C22H28N2O5. The Hall–Kier alpha value is -3.22. The van der Waals surface area contributed by atoms with Crippen molar-refractivity contribution in [3.8, 4) is 17.2 Å². The third kappa shape index (κ3) is 6.71. The second kappa shape index (κ2) is 10.4. The maximum absolute atomic E-state index is 12.1. The van der Waals surface area contributed by atoms with Crippen LogP contribution in [-0.4, -0.2) is 31.6 Å². The molecule has 0 aliphatic rings. The zero-order valence-electron chi connectivity index (χ0n) is 17.4. The molecule has 0 aliphatic heterocycles. The molecule has 2 amide bonds. The molecule has 0 saturated heterocycles. The van der Waals surface area contributed by atoms with E-state index in [1.54, 1.807) is 38.3 Å². The van der Waals surface area contributed by atoms with Crippen molar-refractivity contribution in [2.24, 2.45) is 0 Å². The van der Waals surface area contributed by atoms with Crippen molar-refractivity contribution >= 4 is 11.8 Å². The summed E-state index contributed by atoms with van der Waals surface area (Å²) in [4.78, 5) is 24.2. The minimum absolute atomic E-state index is 0.211. The van der Waals surface area contributed by atoms with Crippen LogP contribution in [0, 0.1) is 6.92 Å². The van der Waals surface area contributed by atoms with Gasteiger partial charge in [-0.2, -0.15) is 0 Å². The van der Waals surface area contributed by atoms with Crippen LogP contribution in [0.3, 0.4) is 0 Å². The van der Waals surface area contributed by atoms with Gasteiger partial charge in [0.1, 0.15) is 17.2 Å². The van der Waals surface area contributed by atoms with Crippen molar-refractivity contribution in [1.29, 1.82) is 0 Å². The molecule has 0 fully saturated rings. The largest absolute Gasteiger partial charge is 0.497 e. The molecular weight excluding hydrogens is 372 g/mol. The highest BCUT2D eigenvalue weighted by atomic mass is 16.5. The molecule has 1 unspecified atom stereocenters. The monoisotopic (exact) mass is 400 g/mol. The Morgan fingerprint density at radius 1 is 0.966 bits per heavy atom. The van der Waals surface area contributed by atoms with Crippen LogP contribution < -0.4 is 25.1 Å². The Morgan fingerprint density at radius 2 is 1.62 bits per heavy atom. The molecule has 2 rings (SSSR count). The highest BCUT2D eigenvalue weighted by Gasteiger charge is 2.16. The van der Waals surface area contributed by atoms with Gasteiger partial charge in [-0.15, -0.1) is 0 Å². The Labute approximate surface area is 171 Å². The summed E-state index contributed by atoms with van der Waals surface area (Å²) in [5.74, 6) is 1.19. The molecule has 2 aromatic carbocycles. The number of methoxy groups -OCH3 is 1. The van der Waals surface area contributed by atoms with Crippen LogP contribution in [0.4, 0.5) is 0 Å². The number of ether oxygens (including phenoxy) is 3. The standard InChI is InChI=1S/C22H28N2O5/c1-14(2)19-11-6-15(3)12-20(19)28-13-21(25)23-24-22(26)16(4)29-18-9-7-17(27-5)8-10-18/h6-12,14,16H,13H2,1-5H3,(H,23,25)(H,24,26). The lowest BCUT2D eigenvalue weighted by atomic mass is 10.0. The first-order valence-corrected chi connectivity index (χ1v) is 9.43. The highest BCUT2D eigenvalue weighted by Crippen LogP contribution is 2.27. The molecule has 2 aromatic rings. The van der Waals surface area contributed by atoms with E-state index in [-0.39, 0.29) is 12.5 Å². The van der Waals surface area contributed by atoms with E-state index in [4.69, 9.17) is 14.2 Å². The second-order valence-corrected chi connectivity index (χ2v) is 6.96. The van der Waals surface area contributed by atoms with Crippen LogP contribution in [0.2, 0.25) is 0 Å². The number of nitrogens with one attached hydrogen (secondary N) is 2. The van der Waals surface area contributed by atoms with Crippen molar-refractivity contribution in [1.82, 2.24) is 10.9 Å². The summed E-state index contributed by atoms with van der Waals surface area (Å²) in [6.45, 7) is 7.45. The van der Waals surface area contributed by atoms with Gasteiger partial charge in [0.15, 0.2) is 12.7 Å². The third-order valence-electron chi connectivity index (χ3n) is 4.22. The number of hydrazine groups is 1. The molecule has 1 atom stereocenters. The number of aryl methyl sites for hydroxylation is 1. The van der Waals surface area contributed by atoms with Crippen molar-refractivity contribution in [3.63, 3.8) is 0 Å². The van der Waals surface area contributed by atoms with Gasteiger partial charge in [-0.3, -0.25) is 20.4 Å². The predicted octanol–water partition coefficient (Wildman–Crippen LogP) is 3.12. The van der Waals surface area contributed by atoms with Crippen molar-refractivity contribution in [2.45, 2.75) is 39.7 Å². The number of hydrogen-bond acceptors (Lipinski definition) is 5. The zero-order valence-corrected chi connectivity index (χ0v) is 17.4.